The molecule has 0 radical (unpaired) electrons. The van der Waals surface area contributed by atoms with Crippen LogP contribution in [-0.2, 0) is 13.0 Å². The molecule has 0 aliphatic heterocycles. The minimum atomic E-state index is 0.0287. The van der Waals surface area contributed by atoms with Crippen LogP contribution in [0.15, 0.2) is 27.7 Å². The van der Waals surface area contributed by atoms with E-state index in [1.807, 2.05) is 22.9 Å². The van der Waals surface area contributed by atoms with E-state index >= 15 is 0 Å². The monoisotopic (exact) mass is 343 g/mol. The number of nitrogens with zero attached hydrogens (tertiary/aromatic N) is 3. The minimum Gasteiger partial charge on any atom is -0.296 e. The Balaban J connectivity index is 2.16. The maximum Gasteiger partial charge on any atom is 0.262 e. The molecular weight excluding hydrogens is 326 g/mol. The van der Waals surface area contributed by atoms with Crippen molar-refractivity contribution in [3.05, 3.63) is 39.1 Å². The van der Waals surface area contributed by atoms with Gasteiger partial charge in [-0.15, -0.1) is 22.7 Å². The van der Waals surface area contributed by atoms with Gasteiger partial charge in [0.15, 0.2) is 0 Å². The molecule has 3 aromatic rings. The summed E-state index contributed by atoms with van der Waals surface area (Å²) in [6, 6.07) is 6.17. The largest absolute Gasteiger partial charge is 0.296 e. The van der Waals surface area contributed by atoms with Crippen molar-refractivity contribution in [3.8, 4) is 16.5 Å². The summed E-state index contributed by atoms with van der Waals surface area (Å²) in [5.74, 6) is 0.836. The lowest BCUT2D eigenvalue weighted by atomic mass is 10.2. The number of thiophene rings is 2. The first-order chi connectivity index (χ1) is 11.3. The number of aromatic nitrogens is 2. The molecule has 0 aliphatic rings. The summed E-state index contributed by atoms with van der Waals surface area (Å²) in [4.78, 5) is 19.7. The third-order valence-corrected chi connectivity index (χ3v) is 5.48. The van der Waals surface area contributed by atoms with Crippen LogP contribution >= 0.6 is 22.7 Å². The Labute approximate surface area is 142 Å². The van der Waals surface area contributed by atoms with E-state index < -0.39 is 0 Å². The minimum absolute atomic E-state index is 0.0287. The van der Waals surface area contributed by atoms with Crippen molar-refractivity contribution in [1.82, 2.24) is 9.55 Å². The fourth-order valence-corrected chi connectivity index (χ4v) is 4.41. The zero-order valence-corrected chi connectivity index (χ0v) is 14.5. The van der Waals surface area contributed by atoms with E-state index in [0.717, 1.165) is 33.9 Å². The molecule has 3 heterocycles. The summed E-state index contributed by atoms with van der Waals surface area (Å²) in [7, 11) is 0. The van der Waals surface area contributed by atoms with Gasteiger partial charge in [0.2, 0.25) is 0 Å². The van der Waals surface area contributed by atoms with E-state index in [2.05, 4.69) is 13.0 Å². The van der Waals surface area contributed by atoms with Gasteiger partial charge in [0.05, 0.1) is 11.5 Å². The van der Waals surface area contributed by atoms with Crippen molar-refractivity contribution in [3.63, 3.8) is 0 Å². The van der Waals surface area contributed by atoms with Crippen LogP contribution in [0.4, 0.5) is 0 Å². The second-order valence-electron chi connectivity index (χ2n) is 5.30. The van der Waals surface area contributed by atoms with Crippen molar-refractivity contribution in [1.29, 1.82) is 5.26 Å². The fraction of sp³-hybridized carbons (Fsp3) is 0.353. The topological polar surface area (TPSA) is 58.7 Å². The maximum absolute atomic E-state index is 13.0. The Morgan fingerprint density at radius 1 is 1.39 bits per heavy atom. The van der Waals surface area contributed by atoms with Crippen molar-refractivity contribution in [2.45, 2.75) is 39.2 Å². The molecule has 0 saturated carbocycles. The van der Waals surface area contributed by atoms with Crippen LogP contribution < -0.4 is 5.56 Å². The van der Waals surface area contributed by atoms with Crippen molar-refractivity contribution < 1.29 is 0 Å². The first-order valence-electron chi connectivity index (χ1n) is 7.68. The standard InChI is InChI=1S/C17H17N3OS2/c1-2-6-14-19-16-15(17(21)20(14)9-4-3-8-18)12(11-23-16)13-7-5-10-22-13/h5,7,10-11H,2-4,6,9H2,1H3. The molecule has 4 nitrogen and oxygen atoms in total. The van der Waals surface area contributed by atoms with Gasteiger partial charge in [0.25, 0.3) is 5.56 Å². The molecule has 0 aromatic carbocycles. The highest BCUT2D eigenvalue weighted by atomic mass is 32.1. The van der Waals surface area contributed by atoms with Gasteiger partial charge >= 0.3 is 0 Å². The predicted molar refractivity (Wildman–Crippen MR) is 96.0 cm³/mol. The van der Waals surface area contributed by atoms with Crippen LogP contribution in [0.3, 0.4) is 0 Å². The van der Waals surface area contributed by atoms with Gasteiger partial charge in [-0.1, -0.05) is 13.0 Å². The highest BCUT2D eigenvalue weighted by molar-refractivity contribution is 7.18. The lowest BCUT2D eigenvalue weighted by Gasteiger charge is -2.11. The molecule has 0 saturated heterocycles. The summed E-state index contributed by atoms with van der Waals surface area (Å²) in [6.07, 6.45) is 2.86. The fourth-order valence-electron chi connectivity index (χ4n) is 2.64. The van der Waals surface area contributed by atoms with Crippen LogP contribution in [-0.4, -0.2) is 9.55 Å². The quantitative estimate of drug-likeness (QED) is 0.622. The molecule has 3 aromatic heterocycles. The molecule has 0 amide bonds. The normalized spacial score (nSPS) is 11.0. The van der Waals surface area contributed by atoms with E-state index in [1.54, 1.807) is 15.9 Å². The van der Waals surface area contributed by atoms with Gasteiger partial charge in [0, 0.05) is 35.2 Å². The molecule has 3 rings (SSSR count). The highest BCUT2D eigenvalue weighted by Crippen LogP contribution is 2.33. The van der Waals surface area contributed by atoms with Crippen LogP contribution in [0.25, 0.3) is 20.7 Å². The predicted octanol–water partition coefficient (Wildman–Crippen LogP) is 4.44. The molecule has 0 aliphatic carbocycles. The summed E-state index contributed by atoms with van der Waals surface area (Å²) in [5.41, 5.74) is 1.01. The molecule has 0 spiro atoms. The van der Waals surface area contributed by atoms with E-state index in [0.29, 0.717) is 24.8 Å². The van der Waals surface area contributed by atoms with E-state index in [4.69, 9.17) is 10.2 Å². The number of nitriles is 1. The molecule has 0 atom stereocenters. The molecular formula is C17H17N3OS2. The van der Waals surface area contributed by atoms with Gasteiger partial charge in [-0.25, -0.2) is 4.98 Å². The first-order valence-corrected chi connectivity index (χ1v) is 9.44. The molecule has 0 unspecified atom stereocenters. The van der Waals surface area contributed by atoms with Gasteiger partial charge in [-0.3, -0.25) is 9.36 Å². The average Bonchev–Trinajstić information content (AvgIpc) is 3.19. The number of rotatable bonds is 6. The Morgan fingerprint density at radius 3 is 2.96 bits per heavy atom. The van der Waals surface area contributed by atoms with Crippen LogP contribution in [0.2, 0.25) is 0 Å². The van der Waals surface area contributed by atoms with E-state index in [9.17, 15) is 4.79 Å². The van der Waals surface area contributed by atoms with Crippen molar-refractivity contribution in [2.75, 3.05) is 0 Å². The molecule has 118 valence electrons. The van der Waals surface area contributed by atoms with Gasteiger partial charge in [-0.05, 0) is 24.3 Å². The Kier molecular flexibility index (Phi) is 4.89. The van der Waals surface area contributed by atoms with Gasteiger partial charge in [0.1, 0.15) is 10.7 Å². The van der Waals surface area contributed by atoms with Gasteiger partial charge < -0.3 is 0 Å². The molecule has 0 bridgehead atoms. The highest BCUT2D eigenvalue weighted by Gasteiger charge is 2.17. The second-order valence-corrected chi connectivity index (χ2v) is 7.11. The maximum atomic E-state index is 13.0. The first kappa shape index (κ1) is 15.9. The Hall–Kier alpha value is -1.97. The average molecular weight is 343 g/mol. The number of hydrogen-bond donors (Lipinski definition) is 0. The summed E-state index contributed by atoms with van der Waals surface area (Å²) in [5, 5.41) is 13.5. The SMILES string of the molecule is CCCc1nc2scc(-c3cccs3)c2c(=O)n1CCCC#N. The number of hydrogen-bond acceptors (Lipinski definition) is 5. The molecule has 23 heavy (non-hydrogen) atoms. The van der Waals surface area contributed by atoms with Crippen LogP contribution in [0, 0.1) is 11.3 Å². The van der Waals surface area contributed by atoms with Crippen molar-refractivity contribution in [2.24, 2.45) is 0 Å². The number of unbranched alkanes of at least 4 members (excludes halogenated alkanes) is 1. The molecule has 0 N–H and O–H groups in total. The number of fused-ring (bicyclic) bond motifs is 1. The third-order valence-electron chi connectivity index (χ3n) is 3.70. The summed E-state index contributed by atoms with van der Waals surface area (Å²) in [6.45, 7) is 2.64. The lowest BCUT2D eigenvalue weighted by molar-refractivity contribution is 0.585. The third kappa shape index (κ3) is 3.07. The molecule has 0 fully saturated rings. The zero-order valence-electron chi connectivity index (χ0n) is 12.9. The van der Waals surface area contributed by atoms with E-state index in [1.165, 1.54) is 11.3 Å². The Morgan fingerprint density at radius 2 is 2.26 bits per heavy atom. The Bertz CT molecular complexity index is 900. The molecule has 6 heteroatoms. The number of aryl methyl sites for hydroxylation is 1. The summed E-state index contributed by atoms with van der Waals surface area (Å²) >= 11 is 3.17. The second kappa shape index (κ2) is 7.07. The smallest absolute Gasteiger partial charge is 0.262 e. The summed E-state index contributed by atoms with van der Waals surface area (Å²) < 4.78 is 1.77. The van der Waals surface area contributed by atoms with Gasteiger partial charge in [-0.2, -0.15) is 5.26 Å². The zero-order chi connectivity index (χ0) is 16.2. The van der Waals surface area contributed by atoms with Crippen LogP contribution in [0.5, 0.6) is 0 Å². The van der Waals surface area contributed by atoms with Crippen molar-refractivity contribution >= 4 is 32.9 Å². The van der Waals surface area contributed by atoms with Crippen LogP contribution in [0.1, 0.15) is 32.0 Å². The lowest BCUT2D eigenvalue weighted by Crippen LogP contribution is -2.25. The van der Waals surface area contributed by atoms with E-state index in [-0.39, 0.29) is 5.56 Å².